The molecule has 0 radical (unpaired) electrons. The van der Waals surface area contributed by atoms with Gasteiger partial charge in [0.25, 0.3) is 5.91 Å². The molecule has 7 heteroatoms. The monoisotopic (exact) mass is 260 g/mol. The third-order valence-corrected chi connectivity index (χ3v) is 3.17. The van der Waals surface area contributed by atoms with E-state index >= 15 is 0 Å². The van der Waals surface area contributed by atoms with Gasteiger partial charge in [0, 0.05) is 13.1 Å². The largest absolute Gasteiger partial charge is 0.504 e. The van der Waals surface area contributed by atoms with Crippen LogP contribution in [0.5, 0.6) is 11.5 Å². The second-order valence-electron chi connectivity index (χ2n) is 4.34. The molecular formula is C12H12N4O3. The number of hydrogen-bond acceptors (Lipinski definition) is 5. The van der Waals surface area contributed by atoms with Crippen molar-refractivity contribution < 1.29 is 15.0 Å². The van der Waals surface area contributed by atoms with E-state index in [2.05, 4.69) is 10.2 Å². The van der Waals surface area contributed by atoms with Crippen LogP contribution < -0.4 is 0 Å². The number of carbonyl (C=O) groups is 1. The third kappa shape index (κ3) is 1.88. The molecule has 0 aliphatic carbocycles. The van der Waals surface area contributed by atoms with Crippen LogP contribution in [-0.2, 0) is 13.1 Å². The minimum absolute atomic E-state index is 0.0907. The number of nitrogens with zero attached hydrogens (tertiary/aromatic N) is 4. The van der Waals surface area contributed by atoms with Gasteiger partial charge in [-0.3, -0.25) is 4.79 Å². The van der Waals surface area contributed by atoms with Gasteiger partial charge in [-0.2, -0.15) is 0 Å². The molecule has 2 heterocycles. The molecule has 1 aliphatic heterocycles. The van der Waals surface area contributed by atoms with E-state index in [0.29, 0.717) is 25.5 Å². The smallest absolute Gasteiger partial charge is 0.258 e. The lowest BCUT2D eigenvalue weighted by atomic mass is 10.1. The van der Waals surface area contributed by atoms with E-state index in [-0.39, 0.29) is 23.0 Å². The molecule has 2 N–H and O–H groups in total. The molecule has 0 fully saturated rings. The van der Waals surface area contributed by atoms with E-state index in [1.807, 2.05) is 4.57 Å². The molecule has 1 aliphatic rings. The van der Waals surface area contributed by atoms with Gasteiger partial charge in [0.15, 0.2) is 17.3 Å². The van der Waals surface area contributed by atoms with Crippen LogP contribution >= 0.6 is 0 Å². The van der Waals surface area contributed by atoms with Crippen LogP contribution in [0, 0.1) is 0 Å². The molecule has 2 aromatic rings. The molecule has 0 atom stereocenters. The molecule has 3 rings (SSSR count). The zero-order valence-electron chi connectivity index (χ0n) is 10.0. The first-order valence-electron chi connectivity index (χ1n) is 5.83. The van der Waals surface area contributed by atoms with Crippen molar-refractivity contribution in [3.8, 4) is 11.5 Å². The van der Waals surface area contributed by atoms with Gasteiger partial charge < -0.3 is 19.7 Å². The summed E-state index contributed by atoms with van der Waals surface area (Å²) in [6.45, 7) is 1.47. The fourth-order valence-corrected chi connectivity index (χ4v) is 2.11. The first kappa shape index (κ1) is 11.5. The van der Waals surface area contributed by atoms with Crippen molar-refractivity contribution in [1.29, 1.82) is 0 Å². The van der Waals surface area contributed by atoms with Crippen LogP contribution in [0.3, 0.4) is 0 Å². The maximum atomic E-state index is 12.3. The van der Waals surface area contributed by atoms with Gasteiger partial charge >= 0.3 is 0 Å². The van der Waals surface area contributed by atoms with Gasteiger partial charge in [-0.25, -0.2) is 0 Å². The van der Waals surface area contributed by atoms with E-state index in [1.165, 1.54) is 18.2 Å². The lowest BCUT2D eigenvalue weighted by Gasteiger charge is -2.27. The van der Waals surface area contributed by atoms with Crippen molar-refractivity contribution in [3.63, 3.8) is 0 Å². The van der Waals surface area contributed by atoms with Gasteiger partial charge in [-0.15, -0.1) is 10.2 Å². The third-order valence-electron chi connectivity index (χ3n) is 3.17. The first-order chi connectivity index (χ1) is 9.16. The Balaban J connectivity index is 1.88. The number of phenols is 2. The predicted octanol–water partition coefficient (Wildman–Crippen LogP) is 0.345. The Morgan fingerprint density at radius 2 is 2.11 bits per heavy atom. The molecule has 0 saturated carbocycles. The quantitative estimate of drug-likeness (QED) is 0.722. The molecule has 0 spiro atoms. The van der Waals surface area contributed by atoms with E-state index in [1.54, 1.807) is 11.2 Å². The first-order valence-corrected chi connectivity index (χ1v) is 5.83. The molecule has 0 unspecified atom stereocenters. The van der Waals surface area contributed by atoms with E-state index in [4.69, 9.17) is 0 Å². The Labute approximate surface area is 108 Å². The molecule has 0 saturated heterocycles. The summed E-state index contributed by atoms with van der Waals surface area (Å²) in [5.41, 5.74) is 0.0907. The number of aromatic nitrogens is 3. The number of amides is 1. The van der Waals surface area contributed by atoms with Crippen LogP contribution in [-0.4, -0.2) is 42.3 Å². The summed E-state index contributed by atoms with van der Waals surface area (Å²) in [6, 6.07) is 4.34. The maximum absolute atomic E-state index is 12.3. The number of carbonyl (C=O) groups excluding carboxylic acids is 1. The zero-order chi connectivity index (χ0) is 13.4. The molecule has 98 valence electrons. The Morgan fingerprint density at radius 3 is 2.95 bits per heavy atom. The topological polar surface area (TPSA) is 91.5 Å². The molecule has 0 bridgehead atoms. The summed E-state index contributed by atoms with van der Waals surface area (Å²) in [6.07, 6.45) is 1.63. The van der Waals surface area contributed by atoms with E-state index in [9.17, 15) is 15.0 Å². The molecule has 19 heavy (non-hydrogen) atoms. The summed E-state index contributed by atoms with van der Waals surface area (Å²) in [5.74, 6) is -0.313. The minimum Gasteiger partial charge on any atom is -0.504 e. The highest BCUT2D eigenvalue weighted by Crippen LogP contribution is 2.29. The van der Waals surface area contributed by atoms with Crippen LogP contribution in [0.1, 0.15) is 16.2 Å². The van der Waals surface area contributed by atoms with Crippen molar-refractivity contribution in [2.75, 3.05) is 6.54 Å². The highest BCUT2D eigenvalue weighted by Gasteiger charge is 2.25. The predicted molar refractivity (Wildman–Crippen MR) is 64.5 cm³/mol. The second kappa shape index (κ2) is 4.27. The molecule has 1 amide bonds. The number of para-hydroxylation sites is 1. The lowest BCUT2D eigenvalue weighted by Crippen LogP contribution is -2.38. The van der Waals surface area contributed by atoms with Crippen molar-refractivity contribution >= 4 is 5.91 Å². The standard InChI is InChI=1S/C12H12N4O3/c17-9-3-1-2-8(11(9)18)12(19)15-4-5-16-7-13-14-10(16)6-15/h1-3,7,17-18H,4-6H2. The van der Waals surface area contributed by atoms with Crippen molar-refractivity contribution in [1.82, 2.24) is 19.7 Å². The summed E-state index contributed by atoms with van der Waals surface area (Å²) >= 11 is 0. The Morgan fingerprint density at radius 1 is 1.26 bits per heavy atom. The summed E-state index contributed by atoms with van der Waals surface area (Å²) in [5, 5.41) is 26.9. The fourth-order valence-electron chi connectivity index (χ4n) is 2.11. The van der Waals surface area contributed by atoms with Gasteiger partial charge in [-0.05, 0) is 12.1 Å². The number of hydrogen-bond donors (Lipinski definition) is 2. The van der Waals surface area contributed by atoms with Gasteiger partial charge in [-0.1, -0.05) is 6.07 Å². The van der Waals surface area contributed by atoms with Crippen LogP contribution in [0.25, 0.3) is 0 Å². The number of phenolic OH excluding ortho intramolecular Hbond substituents is 2. The Bertz CT molecular complexity index is 638. The normalized spacial score (nSPS) is 14.2. The molecular weight excluding hydrogens is 248 g/mol. The average molecular weight is 260 g/mol. The zero-order valence-corrected chi connectivity index (χ0v) is 10.0. The van der Waals surface area contributed by atoms with Gasteiger partial charge in [0.1, 0.15) is 6.33 Å². The van der Waals surface area contributed by atoms with Crippen molar-refractivity contribution in [2.24, 2.45) is 0 Å². The maximum Gasteiger partial charge on any atom is 0.258 e. The van der Waals surface area contributed by atoms with E-state index < -0.39 is 0 Å². The number of benzene rings is 1. The Kier molecular flexibility index (Phi) is 2.59. The molecule has 1 aromatic heterocycles. The SMILES string of the molecule is O=C(c1cccc(O)c1O)N1CCn2cnnc2C1. The summed E-state index contributed by atoms with van der Waals surface area (Å²) in [7, 11) is 0. The summed E-state index contributed by atoms with van der Waals surface area (Å²) in [4.78, 5) is 13.9. The van der Waals surface area contributed by atoms with Crippen LogP contribution in [0.4, 0.5) is 0 Å². The molecule has 1 aromatic carbocycles. The highest BCUT2D eigenvalue weighted by molar-refractivity contribution is 5.97. The minimum atomic E-state index is -0.389. The average Bonchev–Trinajstić information content (AvgIpc) is 2.88. The van der Waals surface area contributed by atoms with E-state index in [0.717, 1.165) is 0 Å². The molecule has 7 nitrogen and oxygen atoms in total. The van der Waals surface area contributed by atoms with Crippen molar-refractivity contribution in [2.45, 2.75) is 13.1 Å². The fraction of sp³-hybridized carbons (Fsp3) is 0.250. The number of fused-ring (bicyclic) bond motifs is 1. The van der Waals surface area contributed by atoms with Crippen LogP contribution in [0.15, 0.2) is 24.5 Å². The Hall–Kier alpha value is -2.57. The summed E-state index contributed by atoms with van der Waals surface area (Å²) < 4.78 is 1.88. The van der Waals surface area contributed by atoms with Gasteiger partial charge in [0.05, 0.1) is 12.1 Å². The van der Waals surface area contributed by atoms with Crippen LogP contribution in [0.2, 0.25) is 0 Å². The van der Waals surface area contributed by atoms with Crippen molar-refractivity contribution in [3.05, 3.63) is 35.9 Å². The number of aromatic hydroxyl groups is 2. The highest BCUT2D eigenvalue weighted by atomic mass is 16.3. The second-order valence-corrected chi connectivity index (χ2v) is 4.34. The number of rotatable bonds is 1. The lowest BCUT2D eigenvalue weighted by molar-refractivity contribution is 0.0703. The van der Waals surface area contributed by atoms with Gasteiger partial charge in [0.2, 0.25) is 0 Å².